The molecule has 1 N–H and O–H groups in total. The van der Waals surface area contributed by atoms with Gasteiger partial charge in [0.05, 0.1) is 25.3 Å². The number of carbonyl (C=O) groups excluding carboxylic acids is 2. The average molecular weight is 439 g/mol. The molecule has 4 rings (SSSR count). The SMILES string of the molecule is CCOc1ccc(CN2CCNC(=O)C2CC(=O)N2CCN(c3cnccn3)CC2)cc1. The molecule has 1 aromatic heterocycles. The molecule has 0 saturated carbocycles. The number of nitrogens with zero attached hydrogens (tertiary/aromatic N) is 5. The van der Waals surface area contributed by atoms with E-state index in [1.54, 1.807) is 18.6 Å². The van der Waals surface area contributed by atoms with Crippen molar-refractivity contribution >= 4 is 17.6 Å². The topological polar surface area (TPSA) is 90.9 Å². The van der Waals surface area contributed by atoms with Crippen molar-refractivity contribution in [3.05, 3.63) is 48.4 Å². The van der Waals surface area contributed by atoms with E-state index in [9.17, 15) is 9.59 Å². The Hall–Kier alpha value is -3.20. The summed E-state index contributed by atoms with van der Waals surface area (Å²) in [6.45, 7) is 7.16. The number of rotatable bonds is 7. The zero-order valence-electron chi connectivity index (χ0n) is 18.4. The summed E-state index contributed by atoms with van der Waals surface area (Å²) in [6.07, 6.45) is 5.25. The van der Waals surface area contributed by atoms with E-state index in [4.69, 9.17) is 4.74 Å². The van der Waals surface area contributed by atoms with Gasteiger partial charge in [-0.25, -0.2) is 4.98 Å². The Morgan fingerprint density at radius 3 is 2.59 bits per heavy atom. The van der Waals surface area contributed by atoms with Crippen LogP contribution in [-0.2, 0) is 16.1 Å². The quantitative estimate of drug-likeness (QED) is 0.687. The number of amides is 2. The Morgan fingerprint density at radius 1 is 1.12 bits per heavy atom. The van der Waals surface area contributed by atoms with Crippen LogP contribution in [-0.4, -0.2) is 83.5 Å². The molecule has 9 heteroatoms. The molecule has 2 amide bonds. The van der Waals surface area contributed by atoms with Gasteiger partial charge in [0, 0.05) is 58.2 Å². The highest BCUT2D eigenvalue weighted by Gasteiger charge is 2.33. The smallest absolute Gasteiger partial charge is 0.237 e. The molecule has 0 spiro atoms. The van der Waals surface area contributed by atoms with Crippen LogP contribution in [0.1, 0.15) is 18.9 Å². The van der Waals surface area contributed by atoms with Crippen LogP contribution in [0, 0.1) is 0 Å². The van der Waals surface area contributed by atoms with Crippen LogP contribution >= 0.6 is 0 Å². The fourth-order valence-electron chi connectivity index (χ4n) is 4.20. The number of piperazine rings is 2. The average Bonchev–Trinajstić information content (AvgIpc) is 2.83. The third-order valence-electron chi connectivity index (χ3n) is 5.94. The predicted octanol–water partition coefficient (Wildman–Crippen LogP) is 0.915. The maximum absolute atomic E-state index is 13.0. The maximum atomic E-state index is 13.0. The minimum atomic E-state index is -0.458. The van der Waals surface area contributed by atoms with Gasteiger partial charge in [-0.15, -0.1) is 0 Å². The third-order valence-corrected chi connectivity index (χ3v) is 5.94. The fourth-order valence-corrected chi connectivity index (χ4v) is 4.20. The van der Waals surface area contributed by atoms with Crippen LogP contribution < -0.4 is 15.0 Å². The Labute approximate surface area is 188 Å². The predicted molar refractivity (Wildman–Crippen MR) is 120 cm³/mol. The number of benzene rings is 1. The molecule has 9 nitrogen and oxygen atoms in total. The van der Waals surface area contributed by atoms with E-state index in [-0.39, 0.29) is 18.2 Å². The molecule has 2 fully saturated rings. The number of ether oxygens (including phenoxy) is 1. The van der Waals surface area contributed by atoms with Crippen molar-refractivity contribution in [2.45, 2.75) is 25.9 Å². The van der Waals surface area contributed by atoms with Crippen molar-refractivity contribution < 1.29 is 14.3 Å². The van der Waals surface area contributed by atoms with E-state index < -0.39 is 6.04 Å². The van der Waals surface area contributed by atoms with E-state index in [0.29, 0.717) is 45.9 Å². The molecule has 2 aromatic rings. The monoisotopic (exact) mass is 438 g/mol. The van der Waals surface area contributed by atoms with Crippen LogP contribution in [0.25, 0.3) is 0 Å². The summed E-state index contributed by atoms with van der Waals surface area (Å²) < 4.78 is 5.51. The molecule has 1 unspecified atom stereocenters. The zero-order chi connectivity index (χ0) is 22.3. The molecule has 32 heavy (non-hydrogen) atoms. The number of hydrogen-bond acceptors (Lipinski definition) is 7. The lowest BCUT2D eigenvalue weighted by Crippen LogP contribution is -2.57. The van der Waals surface area contributed by atoms with Gasteiger partial charge in [-0.1, -0.05) is 12.1 Å². The minimum absolute atomic E-state index is 0.0162. The molecule has 2 aliphatic rings. The van der Waals surface area contributed by atoms with Gasteiger partial charge in [0.15, 0.2) is 0 Å². The Morgan fingerprint density at radius 2 is 1.91 bits per heavy atom. The Kier molecular flexibility index (Phi) is 7.16. The molecule has 2 aliphatic heterocycles. The fraction of sp³-hybridized carbons (Fsp3) is 0.478. The minimum Gasteiger partial charge on any atom is -0.494 e. The van der Waals surface area contributed by atoms with Crippen LogP contribution in [0.3, 0.4) is 0 Å². The summed E-state index contributed by atoms with van der Waals surface area (Å²) in [7, 11) is 0. The summed E-state index contributed by atoms with van der Waals surface area (Å²) in [4.78, 5) is 40.2. The maximum Gasteiger partial charge on any atom is 0.237 e. The van der Waals surface area contributed by atoms with Gasteiger partial charge in [0.2, 0.25) is 11.8 Å². The summed E-state index contributed by atoms with van der Waals surface area (Å²) in [5.74, 6) is 1.60. The lowest BCUT2D eigenvalue weighted by molar-refractivity contribution is -0.139. The first-order valence-electron chi connectivity index (χ1n) is 11.2. The first kappa shape index (κ1) is 22.0. The van der Waals surface area contributed by atoms with Gasteiger partial charge in [-0.2, -0.15) is 0 Å². The molecule has 3 heterocycles. The molecular formula is C23H30N6O3. The van der Waals surface area contributed by atoms with Crippen LogP contribution in [0.4, 0.5) is 5.82 Å². The lowest BCUT2D eigenvalue weighted by Gasteiger charge is -2.38. The second-order valence-corrected chi connectivity index (χ2v) is 7.99. The van der Waals surface area contributed by atoms with Gasteiger partial charge < -0.3 is 19.9 Å². The van der Waals surface area contributed by atoms with Crippen molar-refractivity contribution in [1.82, 2.24) is 25.1 Å². The molecule has 0 aliphatic carbocycles. The van der Waals surface area contributed by atoms with E-state index in [0.717, 1.165) is 23.7 Å². The van der Waals surface area contributed by atoms with Crippen molar-refractivity contribution in [3.63, 3.8) is 0 Å². The summed E-state index contributed by atoms with van der Waals surface area (Å²) in [5, 5.41) is 2.92. The second-order valence-electron chi connectivity index (χ2n) is 7.99. The van der Waals surface area contributed by atoms with Crippen molar-refractivity contribution in [1.29, 1.82) is 0 Å². The Balaban J connectivity index is 1.34. The molecule has 1 aromatic carbocycles. The van der Waals surface area contributed by atoms with Gasteiger partial charge >= 0.3 is 0 Å². The van der Waals surface area contributed by atoms with Gasteiger partial charge in [-0.3, -0.25) is 19.5 Å². The second kappa shape index (κ2) is 10.4. The molecule has 0 bridgehead atoms. The Bertz CT molecular complexity index is 900. The number of anilines is 1. The van der Waals surface area contributed by atoms with Crippen LogP contribution in [0.5, 0.6) is 5.75 Å². The molecule has 1 atom stereocenters. The largest absolute Gasteiger partial charge is 0.494 e. The third kappa shape index (κ3) is 5.34. The highest BCUT2D eigenvalue weighted by atomic mass is 16.5. The summed E-state index contributed by atoms with van der Waals surface area (Å²) in [6, 6.07) is 7.46. The first-order valence-corrected chi connectivity index (χ1v) is 11.2. The highest BCUT2D eigenvalue weighted by molar-refractivity contribution is 5.89. The number of hydrogen-bond donors (Lipinski definition) is 1. The van der Waals surface area contributed by atoms with Gasteiger partial charge in [-0.05, 0) is 24.6 Å². The molecular weight excluding hydrogens is 408 g/mol. The van der Waals surface area contributed by atoms with E-state index >= 15 is 0 Å². The number of nitrogens with one attached hydrogen (secondary N) is 1. The first-order chi connectivity index (χ1) is 15.6. The number of aromatic nitrogens is 2. The van der Waals surface area contributed by atoms with Gasteiger partial charge in [0.25, 0.3) is 0 Å². The lowest BCUT2D eigenvalue weighted by atomic mass is 10.1. The number of carbonyl (C=O) groups is 2. The van der Waals surface area contributed by atoms with E-state index in [1.165, 1.54) is 0 Å². The van der Waals surface area contributed by atoms with Crippen molar-refractivity contribution in [2.24, 2.45) is 0 Å². The summed E-state index contributed by atoms with van der Waals surface area (Å²) in [5.41, 5.74) is 1.10. The standard InChI is InChI=1S/C23H30N6O3/c1-2-32-19-5-3-18(4-6-19)17-29-10-9-26-23(31)20(29)15-22(30)28-13-11-27(12-14-28)21-16-24-7-8-25-21/h3-8,16,20H,2,9-15,17H2,1H3,(H,26,31). The highest BCUT2D eigenvalue weighted by Crippen LogP contribution is 2.19. The van der Waals surface area contributed by atoms with Crippen molar-refractivity contribution in [2.75, 3.05) is 50.8 Å². The van der Waals surface area contributed by atoms with Crippen LogP contribution in [0.2, 0.25) is 0 Å². The van der Waals surface area contributed by atoms with Crippen LogP contribution in [0.15, 0.2) is 42.9 Å². The zero-order valence-corrected chi connectivity index (χ0v) is 18.4. The molecule has 2 saturated heterocycles. The normalized spacial score (nSPS) is 19.5. The van der Waals surface area contributed by atoms with E-state index in [2.05, 4.69) is 25.1 Å². The van der Waals surface area contributed by atoms with Crippen molar-refractivity contribution in [3.8, 4) is 5.75 Å². The molecule has 0 radical (unpaired) electrons. The molecule has 170 valence electrons. The van der Waals surface area contributed by atoms with E-state index in [1.807, 2.05) is 36.1 Å². The van der Waals surface area contributed by atoms with Gasteiger partial charge in [0.1, 0.15) is 11.6 Å². The summed E-state index contributed by atoms with van der Waals surface area (Å²) >= 11 is 0.